The fraction of sp³-hybridized carbons (Fsp3) is 0.625. The van der Waals surface area contributed by atoms with Crippen molar-refractivity contribution in [2.24, 2.45) is 5.92 Å². The third-order valence-corrected chi connectivity index (χ3v) is 4.12. The van der Waals surface area contributed by atoms with Crippen LogP contribution in [0.2, 0.25) is 0 Å². The van der Waals surface area contributed by atoms with Crippen molar-refractivity contribution in [3.8, 4) is 0 Å². The lowest BCUT2D eigenvalue weighted by molar-refractivity contribution is 0.398. The molecule has 1 unspecified atom stereocenters. The van der Waals surface area contributed by atoms with Crippen LogP contribution in [0.5, 0.6) is 0 Å². The van der Waals surface area contributed by atoms with Gasteiger partial charge in [0.05, 0.1) is 0 Å². The van der Waals surface area contributed by atoms with Crippen molar-refractivity contribution in [1.29, 1.82) is 0 Å². The van der Waals surface area contributed by atoms with E-state index in [1.54, 1.807) is 0 Å². The Kier molecular flexibility index (Phi) is 5.32. The predicted molar refractivity (Wildman–Crippen MR) is 74.0 cm³/mol. The van der Waals surface area contributed by atoms with E-state index in [4.69, 9.17) is 0 Å². The first-order valence-corrected chi connectivity index (χ1v) is 7.35. The summed E-state index contributed by atoms with van der Waals surface area (Å²) in [5.41, 5.74) is 0.551. The van der Waals surface area contributed by atoms with E-state index in [0.29, 0.717) is 11.5 Å². The van der Waals surface area contributed by atoms with Gasteiger partial charge in [-0.1, -0.05) is 31.7 Å². The zero-order valence-electron chi connectivity index (χ0n) is 11.6. The van der Waals surface area contributed by atoms with Crippen LogP contribution in [0.4, 0.5) is 8.78 Å². The standard InChI is InChI=1S/C16H23F2N/c1-12(15-9-8-14(17)10-16(15)18)19-11-13-6-4-2-3-5-7-13/h8-10,12-13,19H,2-7,11H2,1H3. The molecule has 1 aliphatic carbocycles. The summed E-state index contributed by atoms with van der Waals surface area (Å²) >= 11 is 0. The lowest BCUT2D eigenvalue weighted by Gasteiger charge is -2.20. The van der Waals surface area contributed by atoms with Gasteiger partial charge in [0.25, 0.3) is 0 Å². The van der Waals surface area contributed by atoms with Gasteiger partial charge in [-0.15, -0.1) is 0 Å². The quantitative estimate of drug-likeness (QED) is 0.787. The highest BCUT2D eigenvalue weighted by Crippen LogP contribution is 2.23. The monoisotopic (exact) mass is 267 g/mol. The van der Waals surface area contributed by atoms with E-state index in [2.05, 4.69) is 5.32 Å². The van der Waals surface area contributed by atoms with Crippen LogP contribution in [-0.4, -0.2) is 6.54 Å². The van der Waals surface area contributed by atoms with Crippen LogP contribution in [0.1, 0.15) is 57.1 Å². The van der Waals surface area contributed by atoms with Gasteiger partial charge in [0.2, 0.25) is 0 Å². The number of nitrogens with one attached hydrogen (secondary N) is 1. The molecule has 1 atom stereocenters. The lowest BCUT2D eigenvalue weighted by Crippen LogP contribution is -2.26. The highest BCUT2D eigenvalue weighted by Gasteiger charge is 2.15. The van der Waals surface area contributed by atoms with Crippen molar-refractivity contribution < 1.29 is 8.78 Å². The molecule has 2 rings (SSSR count). The SMILES string of the molecule is CC(NCC1CCCCCC1)c1ccc(F)cc1F. The van der Waals surface area contributed by atoms with Crippen molar-refractivity contribution >= 4 is 0 Å². The first kappa shape index (κ1) is 14.4. The number of benzene rings is 1. The first-order valence-electron chi connectivity index (χ1n) is 7.35. The summed E-state index contributed by atoms with van der Waals surface area (Å²) in [6.45, 7) is 2.87. The molecular formula is C16H23F2N. The second-order valence-electron chi connectivity index (χ2n) is 5.65. The molecule has 0 radical (unpaired) electrons. The van der Waals surface area contributed by atoms with Gasteiger partial charge in [-0.3, -0.25) is 0 Å². The summed E-state index contributed by atoms with van der Waals surface area (Å²) in [7, 11) is 0. The average Bonchev–Trinajstić information content (AvgIpc) is 2.64. The van der Waals surface area contributed by atoms with Crippen molar-refractivity contribution in [2.45, 2.75) is 51.5 Å². The molecule has 0 heterocycles. The summed E-state index contributed by atoms with van der Waals surface area (Å²) in [6, 6.07) is 3.75. The normalized spacial score (nSPS) is 19.1. The Bertz CT molecular complexity index is 398. The van der Waals surface area contributed by atoms with Crippen molar-refractivity contribution in [3.05, 3.63) is 35.4 Å². The Morgan fingerprint density at radius 2 is 1.84 bits per heavy atom. The predicted octanol–water partition coefficient (Wildman–Crippen LogP) is 4.59. The average molecular weight is 267 g/mol. The molecule has 0 spiro atoms. The number of hydrogen-bond donors (Lipinski definition) is 1. The van der Waals surface area contributed by atoms with Gasteiger partial charge in [-0.05, 0) is 38.3 Å². The Labute approximate surface area is 114 Å². The van der Waals surface area contributed by atoms with E-state index in [1.165, 1.54) is 50.7 Å². The largest absolute Gasteiger partial charge is 0.310 e. The van der Waals surface area contributed by atoms with Gasteiger partial charge in [-0.2, -0.15) is 0 Å². The van der Waals surface area contributed by atoms with E-state index >= 15 is 0 Å². The molecular weight excluding hydrogens is 244 g/mol. The fourth-order valence-corrected chi connectivity index (χ4v) is 2.87. The summed E-state index contributed by atoms with van der Waals surface area (Å²) < 4.78 is 26.5. The number of hydrogen-bond acceptors (Lipinski definition) is 1. The van der Waals surface area contributed by atoms with E-state index < -0.39 is 11.6 Å². The molecule has 0 bridgehead atoms. The maximum atomic E-state index is 13.7. The van der Waals surface area contributed by atoms with Gasteiger partial charge in [0.1, 0.15) is 11.6 Å². The number of rotatable bonds is 4. The molecule has 1 N–H and O–H groups in total. The first-order chi connectivity index (χ1) is 9.16. The highest BCUT2D eigenvalue weighted by atomic mass is 19.1. The van der Waals surface area contributed by atoms with E-state index in [9.17, 15) is 8.78 Å². The van der Waals surface area contributed by atoms with Gasteiger partial charge in [0.15, 0.2) is 0 Å². The van der Waals surface area contributed by atoms with Crippen molar-refractivity contribution in [1.82, 2.24) is 5.32 Å². The van der Waals surface area contributed by atoms with E-state index in [0.717, 1.165) is 12.6 Å². The van der Waals surface area contributed by atoms with Crippen LogP contribution >= 0.6 is 0 Å². The Morgan fingerprint density at radius 1 is 1.16 bits per heavy atom. The molecule has 1 aromatic rings. The molecule has 1 aliphatic rings. The molecule has 106 valence electrons. The zero-order chi connectivity index (χ0) is 13.7. The molecule has 0 aromatic heterocycles. The van der Waals surface area contributed by atoms with Gasteiger partial charge in [-0.25, -0.2) is 8.78 Å². The molecule has 1 fully saturated rings. The minimum Gasteiger partial charge on any atom is -0.310 e. The van der Waals surface area contributed by atoms with Crippen LogP contribution in [-0.2, 0) is 0 Å². The van der Waals surface area contributed by atoms with Gasteiger partial charge >= 0.3 is 0 Å². The smallest absolute Gasteiger partial charge is 0.130 e. The summed E-state index contributed by atoms with van der Waals surface area (Å²) in [5, 5.41) is 3.39. The molecule has 1 saturated carbocycles. The van der Waals surface area contributed by atoms with Crippen molar-refractivity contribution in [3.63, 3.8) is 0 Å². The maximum Gasteiger partial charge on any atom is 0.130 e. The molecule has 0 saturated heterocycles. The second-order valence-corrected chi connectivity index (χ2v) is 5.65. The van der Waals surface area contributed by atoms with Gasteiger partial charge < -0.3 is 5.32 Å². The third-order valence-electron chi connectivity index (χ3n) is 4.12. The number of halogens is 2. The van der Waals surface area contributed by atoms with E-state index in [1.807, 2.05) is 6.92 Å². The minimum absolute atomic E-state index is 0.0659. The molecule has 0 aliphatic heterocycles. The molecule has 1 nitrogen and oxygen atoms in total. The lowest BCUT2D eigenvalue weighted by atomic mass is 9.99. The van der Waals surface area contributed by atoms with Crippen LogP contribution < -0.4 is 5.32 Å². The maximum absolute atomic E-state index is 13.7. The zero-order valence-corrected chi connectivity index (χ0v) is 11.6. The summed E-state index contributed by atoms with van der Waals surface area (Å²) in [6.07, 6.45) is 7.85. The fourth-order valence-electron chi connectivity index (χ4n) is 2.87. The third kappa shape index (κ3) is 4.27. The Balaban J connectivity index is 1.87. The van der Waals surface area contributed by atoms with Gasteiger partial charge in [0, 0.05) is 17.7 Å². The van der Waals surface area contributed by atoms with Crippen LogP contribution in [0.25, 0.3) is 0 Å². The van der Waals surface area contributed by atoms with Crippen LogP contribution in [0.3, 0.4) is 0 Å². The molecule has 0 amide bonds. The molecule has 1 aromatic carbocycles. The van der Waals surface area contributed by atoms with E-state index in [-0.39, 0.29) is 6.04 Å². The summed E-state index contributed by atoms with van der Waals surface area (Å²) in [4.78, 5) is 0. The topological polar surface area (TPSA) is 12.0 Å². The summed E-state index contributed by atoms with van der Waals surface area (Å²) in [5.74, 6) is -0.272. The molecule has 3 heteroatoms. The molecule has 19 heavy (non-hydrogen) atoms. The Morgan fingerprint density at radius 3 is 2.47 bits per heavy atom. The van der Waals surface area contributed by atoms with Crippen molar-refractivity contribution in [2.75, 3.05) is 6.54 Å². The Hall–Kier alpha value is -0.960. The van der Waals surface area contributed by atoms with Crippen LogP contribution in [0, 0.1) is 17.6 Å². The second kappa shape index (κ2) is 6.99. The highest BCUT2D eigenvalue weighted by molar-refractivity contribution is 5.21. The van der Waals surface area contributed by atoms with Crippen LogP contribution in [0.15, 0.2) is 18.2 Å². The minimum atomic E-state index is -0.516.